The lowest BCUT2D eigenvalue weighted by molar-refractivity contribution is -0.130. The second kappa shape index (κ2) is 45.8. The van der Waals surface area contributed by atoms with E-state index in [4.69, 9.17) is 0 Å². The van der Waals surface area contributed by atoms with Gasteiger partial charge in [-0.1, -0.05) is 256 Å². The molecule has 4 N–H and O–H groups in total. The number of allylic oxidation sites excluding steroid dienone is 3. The summed E-state index contributed by atoms with van der Waals surface area (Å²) in [6.45, 7) is 4.55. The molecule has 0 fully saturated rings. The average Bonchev–Trinajstić information content (AvgIpc) is 3.22. The number of carbonyl (C=O) groups excluding carboxylic acids is 1. The molecule has 0 spiro atoms. The lowest BCUT2D eigenvalue weighted by atomic mass is 10.0. The smallest absolute Gasteiger partial charge is 0.267 e. The molecule has 0 aromatic heterocycles. The van der Waals surface area contributed by atoms with Gasteiger partial charge >= 0.3 is 0 Å². The van der Waals surface area contributed by atoms with Crippen molar-refractivity contribution in [3.8, 4) is 0 Å². The van der Waals surface area contributed by atoms with Crippen molar-refractivity contribution in [1.29, 1.82) is 0 Å². The lowest BCUT2D eigenvalue weighted by Crippen LogP contribution is -2.50. The Balaban J connectivity index is 3.88. The first kappa shape index (κ1) is 58.8. The number of rotatable bonds is 48. The second-order valence-corrected chi connectivity index (χ2v) is 19.8. The second-order valence-electron chi connectivity index (χ2n) is 18.3. The van der Waals surface area contributed by atoms with Gasteiger partial charge < -0.3 is 15.5 Å². The van der Waals surface area contributed by atoms with Crippen LogP contribution in [0.25, 0.3) is 0 Å². The number of unbranched alkanes of at least 4 members (excludes halogenated alkanes) is 37. The summed E-state index contributed by atoms with van der Waals surface area (Å²) in [6, 6.07) is -1.23. The predicted molar refractivity (Wildman–Crippen MR) is 259 cm³/mol. The highest BCUT2D eigenvalue weighted by atomic mass is 32.2. The minimum Gasteiger partial charge on any atom is -0.387 e. The van der Waals surface area contributed by atoms with Crippen molar-refractivity contribution in [2.45, 2.75) is 295 Å². The highest BCUT2D eigenvalue weighted by Gasteiger charge is 2.27. The fourth-order valence-corrected chi connectivity index (χ4v) is 8.95. The zero-order valence-electron chi connectivity index (χ0n) is 39.7. The Bertz CT molecular complexity index is 1060. The third-order valence-corrected chi connectivity index (χ3v) is 13.0. The minimum atomic E-state index is -4.45. The number of hydrogen-bond acceptors (Lipinski definition) is 5. The highest BCUT2D eigenvalue weighted by molar-refractivity contribution is 7.85. The van der Waals surface area contributed by atoms with Gasteiger partial charge in [0.1, 0.15) is 6.10 Å². The van der Waals surface area contributed by atoms with E-state index in [2.05, 4.69) is 31.3 Å². The molecule has 0 aromatic carbocycles. The van der Waals surface area contributed by atoms with Crippen LogP contribution in [0, 0.1) is 0 Å². The van der Waals surface area contributed by atoms with Crippen LogP contribution in [0.15, 0.2) is 24.3 Å². The van der Waals surface area contributed by atoms with Crippen LogP contribution in [0.3, 0.4) is 0 Å². The zero-order valence-corrected chi connectivity index (χ0v) is 40.5. The summed E-state index contributed by atoms with van der Waals surface area (Å²) >= 11 is 0. The van der Waals surface area contributed by atoms with Gasteiger partial charge in [0.15, 0.2) is 0 Å². The first-order chi connectivity index (χ1) is 29.2. The Kier molecular flexibility index (Phi) is 44.9. The molecule has 356 valence electrons. The molecule has 0 heterocycles. The molecule has 0 aliphatic rings. The van der Waals surface area contributed by atoms with Crippen molar-refractivity contribution in [2.75, 3.05) is 5.75 Å². The zero-order chi connectivity index (χ0) is 44.0. The van der Waals surface area contributed by atoms with Crippen LogP contribution < -0.4 is 5.32 Å². The quantitative estimate of drug-likeness (QED) is 0.0274. The van der Waals surface area contributed by atoms with E-state index in [0.717, 1.165) is 44.9 Å². The molecule has 1 amide bonds. The van der Waals surface area contributed by atoms with Gasteiger partial charge in [0.25, 0.3) is 10.1 Å². The fraction of sp³-hybridized carbons (Fsp3) is 0.904. The molecule has 0 aliphatic heterocycles. The molecule has 0 aliphatic carbocycles. The largest absolute Gasteiger partial charge is 0.387 e. The van der Waals surface area contributed by atoms with Crippen LogP contribution in [0.4, 0.5) is 0 Å². The van der Waals surface area contributed by atoms with Crippen LogP contribution >= 0.6 is 0 Å². The Morgan fingerprint density at radius 1 is 0.450 bits per heavy atom. The van der Waals surface area contributed by atoms with Gasteiger partial charge in [0, 0.05) is 0 Å². The Labute approximate surface area is 373 Å². The minimum absolute atomic E-state index is 0.275. The number of aliphatic hydroxyl groups excluding tert-OH is 2. The van der Waals surface area contributed by atoms with Gasteiger partial charge in [-0.15, -0.1) is 0 Å². The fourth-order valence-electron chi connectivity index (χ4n) is 8.22. The van der Waals surface area contributed by atoms with Gasteiger partial charge in [-0.2, -0.15) is 8.42 Å². The summed E-state index contributed by atoms with van der Waals surface area (Å²) < 4.78 is 32.7. The monoisotopic (exact) mass is 868 g/mol. The molecular formula is C52H101NO6S. The molecule has 0 aromatic rings. The summed E-state index contributed by atoms with van der Waals surface area (Å²) in [7, 11) is -4.45. The van der Waals surface area contributed by atoms with E-state index in [1.165, 1.54) is 212 Å². The van der Waals surface area contributed by atoms with Gasteiger partial charge in [0.05, 0.1) is 17.9 Å². The van der Waals surface area contributed by atoms with Gasteiger partial charge in [-0.05, 0) is 44.9 Å². The summed E-state index contributed by atoms with van der Waals surface area (Å²) in [6.07, 6.45) is 56.8. The molecule has 8 heteroatoms. The van der Waals surface area contributed by atoms with Crippen molar-refractivity contribution < 1.29 is 28.0 Å². The number of amides is 1. The summed E-state index contributed by atoms with van der Waals surface area (Å²) in [5, 5.41) is 23.6. The Morgan fingerprint density at radius 3 is 1.05 bits per heavy atom. The van der Waals surface area contributed by atoms with Crippen molar-refractivity contribution >= 4 is 16.0 Å². The number of carbonyl (C=O) groups is 1. The third kappa shape index (κ3) is 44.8. The van der Waals surface area contributed by atoms with Gasteiger partial charge in [-0.25, -0.2) is 0 Å². The first-order valence-electron chi connectivity index (χ1n) is 26.1. The average molecular weight is 868 g/mol. The Morgan fingerprint density at radius 2 is 0.733 bits per heavy atom. The van der Waals surface area contributed by atoms with Crippen LogP contribution in [0.2, 0.25) is 0 Å². The van der Waals surface area contributed by atoms with E-state index >= 15 is 0 Å². The van der Waals surface area contributed by atoms with Crippen LogP contribution in [-0.2, 0) is 14.9 Å². The topological polar surface area (TPSA) is 124 Å². The third-order valence-electron chi connectivity index (χ3n) is 12.2. The lowest BCUT2D eigenvalue weighted by Gasteiger charge is -2.22. The predicted octanol–water partition coefficient (Wildman–Crippen LogP) is 15.2. The SMILES string of the molecule is CCCCCCCCCCCCCC/C=C\CCCCCCCCC(O)C(=O)NC(CS(=O)(=O)O)C(O)/C=C/CCCCCCCCCCCCCCCCCCCCC. The number of nitrogens with one attached hydrogen (secondary N) is 1. The molecule has 0 saturated carbocycles. The molecule has 3 atom stereocenters. The van der Waals surface area contributed by atoms with Gasteiger partial charge in [0.2, 0.25) is 5.91 Å². The normalized spacial score (nSPS) is 13.8. The highest BCUT2D eigenvalue weighted by Crippen LogP contribution is 2.17. The summed E-state index contributed by atoms with van der Waals surface area (Å²) in [5.74, 6) is -1.53. The molecule has 60 heavy (non-hydrogen) atoms. The van der Waals surface area contributed by atoms with Crippen molar-refractivity contribution in [1.82, 2.24) is 5.32 Å². The molecule has 0 rings (SSSR count). The van der Waals surface area contributed by atoms with Crippen molar-refractivity contribution in [2.24, 2.45) is 0 Å². The van der Waals surface area contributed by atoms with Crippen LogP contribution in [0.5, 0.6) is 0 Å². The summed E-state index contributed by atoms with van der Waals surface area (Å²) in [5.41, 5.74) is 0. The number of hydrogen-bond donors (Lipinski definition) is 4. The molecule has 7 nitrogen and oxygen atoms in total. The molecular weight excluding hydrogens is 767 g/mol. The first-order valence-corrected chi connectivity index (χ1v) is 27.8. The standard InChI is InChI=1S/C52H101NO6S/c1-3-5-7-9-11-13-15-17-19-21-23-25-27-29-31-33-35-37-39-41-43-45-47-51(55)52(56)53-49(48-60(57,58)59)50(54)46-44-42-40-38-36-34-32-30-28-26-24-22-20-18-16-14-12-10-8-6-4-2/h29,31,44,46,49-51,54-55H,3-28,30,32-43,45,47-48H2,1-2H3,(H,53,56)(H,57,58,59)/b31-29-,46-44+. The maximum absolute atomic E-state index is 12.7. The number of aliphatic hydroxyl groups is 2. The molecule has 0 radical (unpaired) electrons. The van der Waals surface area contributed by atoms with Crippen LogP contribution in [-0.4, -0.2) is 53.1 Å². The molecule has 0 saturated heterocycles. The summed E-state index contributed by atoms with van der Waals surface area (Å²) in [4.78, 5) is 12.7. The van der Waals surface area contributed by atoms with Gasteiger partial charge in [-0.3, -0.25) is 9.35 Å². The van der Waals surface area contributed by atoms with E-state index in [0.29, 0.717) is 6.42 Å². The molecule has 0 bridgehead atoms. The Hall–Kier alpha value is -1.22. The van der Waals surface area contributed by atoms with E-state index in [1.807, 2.05) is 6.08 Å². The van der Waals surface area contributed by atoms with E-state index in [-0.39, 0.29) is 6.42 Å². The van der Waals surface area contributed by atoms with Crippen molar-refractivity contribution in [3.05, 3.63) is 24.3 Å². The maximum Gasteiger partial charge on any atom is 0.267 e. The van der Waals surface area contributed by atoms with E-state index in [9.17, 15) is 28.0 Å². The molecule has 3 unspecified atom stereocenters. The van der Waals surface area contributed by atoms with Crippen LogP contribution in [0.1, 0.15) is 277 Å². The van der Waals surface area contributed by atoms with E-state index < -0.39 is 40.0 Å². The van der Waals surface area contributed by atoms with E-state index in [1.54, 1.807) is 0 Å². The van der Waals surface area contributed by atoms with Crippen molar-refractivity contribution in [3.63, 3.8) is 0 Å². The maximum atomic E-state index is 12.7.